The molecule has 8 heavy (non-hydrogen) atoms. The van der Waals surface area contributed by atoms with Gasteiger partial charge in [0.2, 0.25) is 0 Å². The van der Waals surface area contributed by atoms with E-state index < -0.39 is 0 Å². The van der Waals surface area contributed by atoms with Gasteiger partial charge >= 0.3 is 0 Å². The quantitative estimate of drug-likeness (QED) is 0.309. The van der Waals surface area contributed by atoms with Gasteiger partial charge in [-0.3, -0.25) is 0 Å². The number of nitrogens with two attached hydrogens (primary N) is 4. The van der Waals surface area contributed by atoms with Gasteiger partial charge in [-0.25, -0.2) is 0 Å². The lowest BCUT2D eigenvalue weighted by atomic mass is 11.6. The van der Waals surface area contributed by atoms with Gasteiger partial charge in [0.1, 0.15) is 0 Å². The average Bonchev–Trinajstić information content (AvgIpc) is 2.03. The summed E-state index contributed by atoms with van der Waals surface area (Å²) >= 11 is 0. The molecule has 4 heteroatoms. The Morgan fingerprint density at radius 2 is 0.375 bits per heavy atom. The van der Waals surface area contributed by atoms with Gasteiger partial charge in [-0.2, -0.15) is 0 Å². The molecule has 0 rings (SSSR count). The van der Waals surface area contributed by atoms with Crippen LogP contribution < -0.4 is 22.9 Å². The summed E-state index contributed by atoms with van der Waals surface area (Å²) in [5, 5.41) is 0. The lowest BCUT2D eigenvalue weighted by molar-refractivity contribution is 1.48. The average molecular weight is 124 g/mol. The minimum Gasteiger partial charge on any atom is -0.333 e. The van der Waals surface area contributed by atoms with Crippen molar-refractivity contribution in [2.45, 2.75) is 0 Å². The molecule has 0 unspecified atom stereocenters. The molecule has 0 saturated heterocycles. The van der Waals surface area contributed by atoms with Gasteiger partial charge in [-0.15, -0.1) is 0 Å². The summed E-state index contributed by atoms with van der Waals surface area (Å²) in [4.78, 5) is 0. The third kappa shape index (κ3) is 5340. The molecule has 0 aliphatic rings. The van der Waals surface area contributed by atoms with Crippen LogP contribution in [0.4, 0.5) is 0 Å². The largest absolute Gasteiger partial charge is 0.333 e. The molecule has 0 saturated carbocycles. The van der Waals surface area contributed by atoms with Crippen molar-refractivity contribution in [1.29, 1.82) is 0 Å². The Balaban J connectivity index is -0.0000000133. The minimum absolute atomic E-state index is 1.50. The second kappa shape index (κ2) is 9110. The van der Waals surface area contributed by atoms with Crippen molar-refractivity contribution in [2.75, 3.05) is 28.2 Å². The standard InChI is InChI=1S/4CH5N/c4*1-2/h4*2H2,1H3. The molecule has 0 aliphatic heterocycles. The summed E-state index contributed by atoms with van der Waals surface area (Å²) in [5.74, 6) is 0. The van der Waals surface area contributed by atoms with Crippen molar-refractivity contribution < 1.29 is 0 Å². The number of hydrogen-bond donors (Lipinski definition) is 4. The molecular weight excluding hydrogens is 104 g/mol. The zero-order chi connectivity index (χ0) is 8.00. The van der Waals surface area contributed by atoms with Gasteiger partial charge in [-0.1, -0.05) is 0 Å². The van der Waals surface area contributed by atoms with E-state index in [0.717, 1.165) is 0 Å². The first-order chi connectivity index (χ1) is 4.00. The lowest BCUT2D eigenvalue weighted by Crippen LogP contribution is -1.69. The first-order valence-electron chi connectivity index (χ1n) is 2.31. The molecule has 0 aromatic rings. The van der Waals surface area contributed by atoms with E-state index >= 15 is 0 Å². The molecule has 0 spiro atoms. The fourth-order valence-electron chi connectivity index (χ4n) is 0. The number of hydrogen-bond acceptors (Lipinski definition) is 4. The molecule has 0 radical (unpaired) electrons. The van der Waals surface area contributed by atoms with Crippen molar-refractivity contribution in [3.8, 4) is 0 Å². The molecule has 56 valence electrons. The Morgan fingerprint density at radius 1 is 0.375 bits per heavy atom. The van der Waals surface area contributed by atoms with Crippen LogP contribution in [0.3, 0.4) is 0 Å². The third-order valence-corrected chi connectivity index (χ3v) is 0. The Kier molecular flexibility index (Phi) is 28300. The molecule has 0 aliphatic carbocycles. The summed E-state index contributed by atoms with van der Waals surface area (Å²) in [6, 6.07) is 0. The summed E-state index contributed by atoms with van der Waals surface area (Å²) in [6.07, 6.45) is 0. The first kappa shape index (κ1) is 24.9. The van der Waals surface area contributed by atoms with E-state index in [1.165, 1.54) is 28.2 Å². The minimum atomic E-state index is 1.50. The molecule has 8 N–H and O–H groups in total. The molecule has 0 atom stereocenters. The van der Waals surface area contributed by atoms with E-state index in [0.29, 0.717) is 0 Å². The van der Waals surface area contributed by atoms with Crippen LogP contribution in [0.1, 0.15) is 0 Å². The monoisotopic (exact) mass is 124 g/mol. The predicted molar refractivity (Wildman–Crippen MR) is 40.4 cm³/mol. The molecule has 0 aromatic heterocycles. The van der Waals surface area contributed by atoms with Crippen molar-refractivity contribution in [3.63, 3.8) is 0 Å². The lowest BCUT2D eigenvalue weighted by Gasteiger charge is -1.19. The van der Waals surface area contributed by atoms with Gasteiger partial charge in [-0.05, 0) is 28.2 Å². The van der Waals surface area contributed by atoms with Crippen LogP contribution in [-0.2, 0) is 0 Å². The molecule has 4 nitrogen and oxygen atoms in total. The van der Waals surface area contributed by atoms with E-state index in [1.807, 2.05) is 0 Å². The van der Waals surface area contributed by atoms with Gasteiger partial charge < -0.3 is 22.9 Å². The van der Waals surface area contributed by atoms with E-state index in [2.05, 4.69) is 22.9 Å². The summed E-state index contributed by atoms with van der Waals surface area (Å²) < 4.78 is 0. The van der Waals surface area contributed by atoms with Crippen LogP contribution in [0.15, 0.2) is 0 Å². The van der Waals surface area contributed by atoms with Crippen LogP contribution in [-0.4, -0.2) is 28.2 Å². The Morgan fingerprint density at radius 3 is 0.375 bits per heavy atom. The van der Waals surface area contributed by atoms with E-state index in [-0.39, 0.29) is 0 Å². The fraction of sp³-hybridized carbons (Fsp3) is 1.00. The van der Waals surface area contributed by atoms with Gasteiger partial charge in [0.05, 0.1) is 0 Å². The maximum absolute atomic E-state index is 4.50. The normalized spacial score (nSPS) is 3.00. The van der Waals surface area contributed by atoms with Crippen LogP contribution in [0, 0.1) is 0 Å². The Hall–Kier alpha value is -0.160. The molecule has 0 bridgehead atoms. The highest BCUT2D eigenvalue weighted by molar-refractivity contribution is 3.54. The predicted octanol–water partition coefficient (Wildman–Crippen LogP) is -1.70. The molecule has 0 amide bonds. The second-order valence-electron chi connectivity index (χ2n) is 0. The highest BCUT2D eigenvalue weighted by atomic mass is 14.4. The highest BCUT2D eigenvalue weighted by Crippen LogP contribution is 0.474. The SMILES string of the molecule is CN.CN.CN.CN. The van der Waals surface area contributed by atoms with Crippen LogP contribution in [0.25, 0.3) is 0 Å². The summed E-state index contributed by atoms with van der Waals surface area (Å²) in [5.41, 5.74) is 18.0. The van der Waals surface area contributed by atoms with Gasteiger partial charge in [0.25, 0.3) is 0 Å². The first-order valence-corrected chi connectivity index (χ1v) is 2.31. The van der Waals surface area contributed by atoms with Gasteiger partial charge in [0, 0.05) is 0 Å². The van der Waals surface area contributed by atoms with E-state index in [4.69, 9.17) is 0 Å². The number of rotatable bonds is 0. The zero-order valence-electron chi connectivity index (χ0n) is 6.31. The van der Waals surface area contributed by atoms with Gasteiger partial charge in [0.15, 0.2) is 0 Å². The summed E-state index contributed by atoms with van der Waals surface area (Å²) in [6.45, 7) is 0. The van der Waals surface area contributed by atoms with Crippen molar-refractivity contribution >= 4 is 0 Å². The Labute approximate surface area is 52.2 Å². The van der Waals surface area contributed by atoms with E-state index in [1.54, 1.807) is 0 Å². The van der Waals surface area contributed by atoms with Crippen molar-refractivity contribution in [3.05, 3.63) is 0 Å². The molecule has 0 aromatic carbocycles. The molecular formula is C4H20N4. The van der Waals surface area contributed by atoms with Crippen molar-refractivity contribution in [1.82, 2.24) is 0 Å². The third-order valence-electron chi connectivity index (χ3n) is 0. The highest BCUT2D eigenvalue weighted by Gasteiger charge is 0.842. The van der Waals surface area contributed by atoms with Crippen LogP contribution >= 0.6 is 0 Å². The molecule has 0 heterocycles. The Bertz CT molecular complexity index is 8.00. The fourth-order valence-corrected chi connectivity index (χ4v) is 0. The topological polar surface area (TPSA) is 104 Å². The maximum atomic E-state index is 4.50. The summed E-state index contributed by atoms with van der Waals surface area (Å²) in [7, 11) is 6.00. The maximum Gasteiger partial charge on any atom is -0.0195 e. The zero-order valence-corrected chi connectivity index (χ0v) is 6.31. The van der Waals surface area contributed by atoms with E-state index in [9.17, 15) is 0 Å². The van der Waals surface area contributed by atoms with Crippen molar-refractivity contribution in [2.24, 2.45) is 22.9 Å². The van der Waals surface area contributed by atoms with Crippen LogP contribution in [0.2, 0.25) is 0 Å². The van der Waals surface area contributed by atoms with Crippen LogP contribution in [0.5, 0.6) is 0 Å². The molecule has 0 fully saturated rings. The second-order valence-corrected chi connectivity index (χ2v) is 0. The smallest absolute Gasteiger partial charge is 0.0195 e.